The molecule has 3 aliphatic rings. The minimum atomic E-state index is -0.680. The number of carbonyl (C=O) groups is 2. The maximum atomic E-state index is 13.4. The van der Waals surface area contributed by atoms with Gasteiger partial charge in [0.15, 0.2) is 0 Å². The Morgan fingerprint density at radius 1 is 1.37 bits per heavy atom. The molecular formula is C23H26N4O3. The third kappa shape index (κ3) is 2.96. The van der Waals surface area contributed by atoms with Crippen molar-refractivity contribution in [2.45, 2.75) is 31.7 Å². The van der Waals surface area contributed by atoms with Crippen molar-refractivity contribution in [2.75, 3.05) is 13.6 Å². The van der Waals surface area contributed by atoms with E-state index in [0.29, 0.717) is 19.6 Å². The summed E-state index contributed by atoms with van der Waals surface area (Å²) in [5.41, 5.74) is 2.54. The normalized spacial score (nSPS) is 29.0. The van der Waals surface area contributed by atoms with E-state index < -0.39 is 17.4 Å². The van der Waals surface area contributed by atoms with Gasteiger partial charge in [-0.2, -0.15) is 5.10 Å². The molecule has 3 aliphatic heterocycles. The number of rotatable bonds is 5. The molecule has 0 radical (unpaired) electrons. The number of fused-ring (bicyclic) bond motifs is 1. The monoisotopic (exact) mass is 406 g/mol. The van der Waals surface area contributed by atoms with Crippen molar-refractivity contribution in [1.82, 2.24) is 19.6 Å². The van der Waals surface area contributed by atoms with E-state index in [-0.39, 0.29) is 17.9 Å². The Kier molecular flexibility index (Phi) is 4.32. The molecule has 4 atom stereocenters. The predicted octanol–water partition coefficient (Wildman–Crippen LogP) is 1.67. The van der Waals surface area contributed by atoms with Gasteiger partial charge in [-0.05, 0) is 12.5 Å². The Hall–Kier alpha value is -2.93. The minimum absolute atomic E-state index is 0.0106. The average molecular weight is 406 g/mol. The fourth-order valence-electron chi connectivity index (χ4n) is 5.18. The zero-order chi connectivity index (χ0) is 21.0. The van der Waals surface area contributed by atoms with Crippen molar-refractivity contribution in [3.05, 3.63) is 65.5 Å². The van der Waals surface area contributed by atoms with Gasteiger partial charge in [-0.1, -0.05) is 42.0 Å². The summed E-state index contributed by atoms with van der Waals surface area (Å²) in [6.07, 6.45) is 7.28. The second kappa shape index (κ2) is 6.80. The van der Waals surface area contributed by atoms with Crippen molar-refractivity contribution < 1.29 is 14.3 Å². The maximum Gasteiger partial charge on any atom is 0.230 e. The molecule has 2 aromatic rings. The quantitative estimate of drug-likeness (QED) is 0.709. The third-order valence-electron chi connectivity index (χ3n) is 6.47. The number of amides is 2. The molecule has 156 valence electrons. The van der Waals surface area contributed by atoms with Crippen LogP contribution in [0.25, 0.3) is 0 Å². The fraction of sp³-hybridized carbons (Fsp3) is 0.435. The van der Waals surface area contributed by atoms with Crippen molar-refractivity contribution in [2.24, 2.45) is 18.9 Å². The lowest BCUT2D eigenvalue weighted by molar-refractivity contribution is -0.142. The molecule has 7 nitrogen and oxygen atoms in total. The van der Waals surface area contributed by atoms with Gasteiger partial charge in [0.25, 0.3) is 0 Å². The standard InChI is InChI=1S/C23H26N4O3/c1-15-5-4-6-16(9-15)13-27-14-23-8-7-18(30-23)19(20(23)22(27)29)21(28)25(2)11-17-10-24-26(3)12-17/h4-10,12,18-20H,11,13-14H2,1-3H3/t18-,19+,20-,23-/m0/s1. The molecule has 2 bridgehead atoms. The second-order valence-electron chi connectivity index (χ2n) is 8.80. The van der Waals surface area contributed by atoms with Crippen LogP contribution in [-0.4, -0.2) is 56.7 Å². The third-order valence-corrected chi connectivity index (χ3v) is 6.47. The molecule has 7 heteroatoms. The molecule has 0 aliphatic carbocycles. The smallest absolute Gasteiger partial charge is 0.230 e. The highest BCUT2D eigenvalue weighted by molar-refractivity contribution is 5.93. The van der Waals surface area contributed by atoms with Gasteiger partial charge in [0.05, 0.1) is 30.7 Å². The van der Waals surface area contributed by atoms with Crippen LogP contribution in [0.15, 0.2) is 48.8 Å². The van der Waals surface area contributed by atoms with Crippen LogP contribution in [-0.2, 0) is 34.5 Å². The van der Waals surface area contributed by atoms with Crippen molar-refractivity contribution in [3.63, 3.8) is 0 Å². The van der Waals surface area contributed by atoms with Gasteiger partial charge < -0.3 is 14.5 Å². The molecule has 5 rings (SSSR count). The molecule has 1 spiro atoms. The van der Waals surface area contributed by atoms with Gasteiger partial charge in [0, 0.05) is 38.9 Å². The number of likely N-dealkylation sites (tertiary alicyclic amines) is 1. The average Bonchev–Trinajstić information content (AvgIpc) is 3.44. The molecule has 2 amide bonds. The molecular weight excluding hydrogens is 380 g/mol. The first kappa shape index (κ1) is 19.1. The summed E-state index contributed by atoms with van der Waals surface area (Å²) in [7, 11) is 3.63. The molecule has 30 heavy (non-hydrogen) atoms. The number of hydrogen-bond acceptors (Lipinski definition) is 4. The number of aryl methyl sites for hydroxylation is 2. The summed E-state index contributed by atoms with van der Waals surface area (Å²) in [4.78, 5) is 30.3. The summed E-state index contributed by atoms with van der Waals surface area (Å²) >= 11 is 0. The van der Waals surface area contributed by atoms with E-state index in [2.05, 4.69) is 11.2 Å². The van der Waals surface area contributed by atoms with Crippen LogP contribution in [0, 0.1) is 18.8 Å². The maximum absolute atomic E-state index is 13.4. The molecule has 2 fully saturated rings. The van der Waals surface area contributed by atoms with Crippen LogP contribution in [0.4, 0.5) is 0 Å². The largest absolute Gasteiger partial charge is 0.360 e. The van der Waals surface area contributed by atoms with Crippen LogP contribution >= 0.6 is 0 Å². The highest BCUT2D eigenvalue weighted by Gasteiger charge is 2.67. The SMILES string of the molecule is Cc1cccc(CN2C[C@]34C=C[C@H](O3)[C@@H](C(=O)N(C)Cc3cnn(C)c3)[C@H]4C2=O)c1. The van der Waals surface area contributed by atoms with Gasteiger partial charge in [-0.3, -0.25) is 14.3 Å². The first-order valence-corrected chi connectivity index (χ1v) is 10.3. The Balaban J connectivity index is 1.36. The lowest BCUT2D eigenvalue weighted by atomic mass is 9.76. The van der Waals surface area contributed by atoms with Crippen LogP contribution in [0.2, 0.25) is 0 Å². The Morgan fingerprint density at radius 2 is 2.20 bits per heavy atom. The van der Waals surface area contributed by atoms with E-state index >= 15 is 0 Å². The fourth-order valence-corrected chi connectivity index (χ4v) is 5.18. The van der Waals surface area contributed by atoms with Crippen molar-refractivity contribution >= 4 is 11.8 Å². The van der Waals surface area contributed by atoms with E-state index in [4.69, 9.17) is 4.74 Å². The van der Waals surface area contributed by atoms with E-state index in [1.807, 2.05) is 55.4 Å². The molecule has 1 aromatic heterocycles. The van der Waals surface area contributed by atoms with E-state index in [9.17, 15) is 9.59 Å². The van der Waals surface area contributed by atoms with Crippen LogP contribution in [0.3, 0.4) is 0 Å². The molecule has 1 aromatic carbocycles. The zero-order valence-corrected chi connectivity index (χ0v) is 17.5. The highest BCUT2D eigenvalue weighted by Crippen LogP contribution is 2.52. The molecule has 2 saturated heterocycles. The number of carbonyl (C=O) groups excluding carboxylic acids is 2. The van der Waals surface area contributed by atoms with E-state index in [1.165, 1.54) is 5.56 Å². The summed E-state index contributed by atoms with van der Waals surface area (Å²) in [6, 6.07) is 8.18. The van der Waals surface area contributed by atoms with E-state index in [1.54, 1.807) is 22.8 Å². The van der Waals surface area contributed by atoms with Crippen molar-refractivity contribution in [1.29, 1.82) is 0 Å². The Morgan fingerprint density at radius 3 is 2.93 bits per heavy atom. The summed E-state index contributed by atoms with van der Waals surface area (Å²) in [5, 5.41) is 4.17. The number of benzene rings is 1. The number of ether oxygens (including phenoxy) is 1. The first-order valence-electron chi connectivity index (χ1n) is 10.3. The number of hydrogen-bond donors (Lipinski definition) is 0. The lowest BCUT2D eigenvalue weighted by Gasteiger charge is -2.27. The minimum Gasteiger partial charge on any atom is -0.360 e. The Bertz CT molecular complexity index is 1040. The van der Waals surface area contributed by atoms with Gasteiger partial charge in [-0.15, -0.1) is 0 Å². The second-order valence-corrected chi connectivity index (χ2v) is 8.80. The highest BCUT2D eigenvalue weighted by atomic mass is 16.5. The number of nitrogens with zero attached hydrogens (tertiary/aromatic N) is 4. The first-order chi connectivity index (χ1) is 14.4. The Labute approximate surface area is 175 Å². The summed E-state index contributed by atoms with van der Waals surface area (Å²) in [6.45, 7) is 3.53. The number of aromatic nitrogens is 2. The molecule has 0 saturated carbocycles. The zero-order valence-electron chi connectivity index (χ0n) is 17.5. The topological polar surface area (TPSA) is 67.7 Å². The van der Waals surface area contributed by atoms with Gasteiger partial charge in [-0.25, -0.2) is 0 Å². The lowest BCUT2D eigenvalue weighted by Crippen LogP contribution is -2.44. The van der Waals surface area contributed by atoms with Crippen molar-refractivity contribution in [3.8, 4) is 0 Å². The summed E-state index contributed by atoms with van der Waals surface area (Å²) < 4.78 is 7.96. The molecule has 4 heterocycles. The van der Waals surface area contributed by atoms with Crippen LogP contribution in [0.1, 0.15) is 16.7 Å². The molecule has 0 N–H and O–H groups in total. The van der Waals surface area contributed by atoms with E-state index in [0.717, 1.165) is 11.1 Å². The summed E-state index contributed by atoms with van der Waals surface area (Å²) in [5.74, 6) is -0.977. The van der Waals surface area contributed by atoms with Gasteiger partial charge >= 0.3 is 0 Å². The predicted molar refractivity (Wildman–Crippen MR) is 110 cm³/mol. The van der Waals surface area contributed by atoms with Crippen LogP contribution in [0.5, 0.6) is 0 Å². The van der Waals surface area contributed by atoms with Crippen LogP contribution < -0.4 is 0 Å². The van der Waals surface area contributed by atoms with Gasteiger partial charge in [0.1, 0.15) is 5.60 Å². The molecule has 0 unspecified atom stereocenters. The van der Waals surface area contributed by atoms with Gasteiger partial charge in [0.2, 0.25) is 11.8 Å².